The Balaban J connectivity index is 3.03. The van der Waals surface area contributed by atoms with Gasteiger partial charge in [-0.2, -0.15) is 0 Å². The van der Waals surface area contributed by atoms with E-state index in [1.165, 1.54) is 0 Å². The van der Waals surface area contributed by atoms with E-state index in [-0.39, 0.29) is 5.91 Å². The minimum absolute atomic E-state index is 0.00528. The molecule has 0 aromatic rings. The quantitative estimate of drug-likeness (QED) is 0.423. The summed E-state index contributed by atoms with van der Waals surface area (Å²) >= 11 is 0. The van der Waals surface area contributed by atoms with Gasteiger partial charge in [-0.15, -0.1) is 12.3 Å². The summed E-state index contributed by atoms with van der Waals surface area (Å²) in [6, 6.07) is 0. The van der Waals surface area contributed by atoms with E-state index in [2.05, 4.69) is 16.6 Å². The van der Waals surface area contributed by atoms with Crippen LogP contribution in [0.5, 0.6) is 0 Å². The Kier molecular flexibility index (Phi) is 6.45. The van der Waals surface area contributed by atoms with Gasteiger partial charge in [-0.3, -0.25) is 4.79 Å². The summed E-state index contributed by atoms with van der Waals surface area (Å²) in [5.74, 6) is 2.53. The zero-order chi connectivity index (χ0) is 8.53. The van der Waals surface area contributed by atoms with Gasteiger partial charge in [0.2, 0.25) is 5.91 Å². The molecule has 0 rings (SSSR count). The number of rotatable bonds is 5. The van der Waals surface area contributed by atoms with Crippen LogP contribution in [-0.2, 0) is 4.79 Å². The number of terminal acetylenes is 1. The van der Waals surface area contributed by atoms with E-state index in [1.54, 1.807) is 7.05 Å². The zero-order valence-electron chi connectivity index (χ0n) is 6.81. The predicted octanol–water partition coefficient (Wildman–Crippen LogP) is -0.265. The molecule has 0 saturated heterocycles. The maximum Gasteiger partial charge on any atom is 0.233 e. The van der Waals surface area contributed by atoms with E-state index in [0.29, 0.717) is 6.54 Å². The van der Waals surface area contributed by atoms with Crippen molar-refractivity contribution in [2.75, 3.05) is 20.1 Å². The maximum atomic E-state index is 10.6. The molecule has 0 saturated carbocycles. The number of likely N-dealkylation sites (N-methyl/N-ethyl adjacent to an activating group) is 1. The van der Waals surface area contributed by atoms with Crippen LogP contribution in [-0.4, -0.2) is 26.0 Å². The van der Waals surface area contributed by atoms with Gasteiger partial charge in [0.1, 0.15) is 0 Å². The van der Waals surface area contributed by atoms with Gasteiger partial charge in [0.25, 0.3) is 0 Å². The fourth-order valence-electron chi connectivity index (χ4n) is 0.606. The first-order valence-corrected chi connectivity index (χ1v) is 3.66. The molecule has 0 atom stereocenters. The second-order valence-electron chi connectivity index (χ2n) is 2.16. The Labute approximate surface area is 67.6 Å². The minimum atomic E-state index is 0.00528. The molecule has 11 heavy (non-hydrogen) atoms. The summed E-state index contributed by atoms with van der Waals surface area (Å²) in [5, 5.41) is 5.48. The van der Waals surface area contributed by atoms with Crippen LogP contribution in [0, 0.1) is 12.3 Å². The summed E-state index contributed by atoms with van der Waals surface area (Å²) in [4.78, 5) is 10.6. The highest BCUT2D eigenvalue weighted by molar-refractivity contribution is 5.77. The molecule has 0 spiro atoms. The average molecular weight is 154 g/mol. The van der Waals surface area contributed by atoms with E-state index >= 15 is 0 Å². The third-order valence-corrected chi connectivity index (χ3v) is 1.24. The van der Waals surface area contributed by atoms with E-state index in [4.69, 9.17) is 6.42 Å². The molecule has 1 amide bonds. The van der Waals surface area contributed by atoms with Gasteiger partial charge < -0.3 is 10.6 Å². The van der Waals surface area contributed by atoms with Crippen LogP contribution in [0.15, 0.2) is 0 Å². The average Bonchev–Trinajstić information content (AvgIpc) is 2.04. The van der Waals surface area contributed by atoms with Crippen molar-refractivity contribution in [3.05, 3.63) is 0 Å². The molecule has 0 aliphatic rings. The summed E-state index contributed by atoms with van der Waals surface area (Å²) in [7, 11) is 1.62. The van der Waals surface area contributed by atoms with Gasteiger partial charge in [-0.1, -0.05) is 0 Å². The van der Waals surface area contributed by atoms with Gasteiger partial charge in [0, 0.05) is 13.5 Å². The number of nitrogens with one attached hydrogen (secondary N) is 2. The molecule has 0 aromatic carbocycles. The van der Waals surface area contributed by atoms with Crippen molar-refractivity contribution in [2.45, 2.75) is 12.8 Å². The normalized spacial score (nSPS) is 8.73. The minimum Gasteiger partial charge on any atom is -0.358 e. The molecule has 0 aliphatic heterocycles. The Hall–Kier alpha value is -1.01. The van der Waals surface area contributed by atoms with Crippen molar-refractivity contribution >= 4 is 5.91 Å². The molecule has 3 nitrogen and oxygen atoms in total. The predicted molar refractivity (Wildman–Crippen MR) is 45.0 cm³/mol. The number of carbonyl (C=O) groups excluding carboxylic acids is 1. The molecular formula is C8H14N2O. The van der Waals surface area contributed by atoms with Gasteiger partial charge >= 0.3 is 0 Å². The molecule has 0 aromatic heterocycles. The van der Waals surface area contributed by atoms with Crippen LogP contribution in [0.2, 0.25) is 0 Å². The van der Waals surface area contributed by atoms with Gasteiger partial charge in [-0.25, -0.2) is 0 Å². The van der Waals surface area contributed by atoms with Gasteiger partial charge in [0.15, 0.2) is 0 Å². The monoisotopic (exact) mass is 154 g/mol. The lowest BCUT2D eigenvalue weighted by Gasteiger charge is -2.00. The third-order valence-electron chi connectivity index (χ3n) is 1.24. The van der Waals surface area contributed by atoms with E-state index in [9.17, 15) is 4.79 Å². The Bertz CT molecular complexity index is 149. The number of hydrogen-bond acceptors (Lipinski definition) is 2. The molecule has 3 heteroatoms. The van der Waals surface area contributed by atoms with Crippen LogP contribution in [0.3, 0.4) is 0 Å². The van der Waals surface area contributed by atoms with Crippen LogP contribution < -0.4 is 10.6 Å². The highest BCUT2D eigenvalue weighted by Crippen LogP contribution is 1.81. The summed E-state index contributed by atoms with van der Waals surface area (Å²) in [5.41, 5.74) is 0. The molecule has 0 aliphatic carbocycles. The van der Waals surface area contributed by atoms with E-state index in [1.807, 2.05) is 0 Å². The number of unbranched alkanes of at least 4 members (excludes halogenated alkanes) is 1. The summed E-state index contributed by atoms with van der Waals surface area (Å²) in [6.07, 6.45) is 6.73. The first-order valence-electron chi connectivity index (χ1n) is 3.66. The van der Waals surface area contributed by atoms with Crippen molar-refractivity contribution in [1.82, 2.24) is 10.6 Å². The van der Waals surface area contributed by atoms with E-state index < -0.39 is 0 Å². The summed E-state index contributed by atoms with van der Waals surface area (Å²) < 4.78 is 0. The second-order valence-corrected chi connectivity index (χ2v) is 2.16. The molecule has 0 fully saturated rings. The molecule has 0 unspecified atom stereocenters. The van der Waals surface area contributed by atoms with Crippen LogP contribution in [0.4, 0.5) is 0 Å². The van der Waals surface area contributed by atoms with Crippen molar-refractivity contribution in [1.29, 1.82) is 0 Å². The first-order chi connectivity index (χ1) is 5.31. The molecule has 2 N–H and O–H groups in total. The molecular weight excluding hydrogens is 140 g/mol. The lowest BCUT2D eigenvalue weighted by Crippen LogP contribution is -2.31. The highest BCUT2D eigenvalue weighted by Gasteiger charge is 1.93. The Morgan fingerprint density at radius 1 is 1.64 bits per heavy atom. The maximum absolute atomic E-state index is 10.6. The lowest BCUT2D eigenvalue weighted by atomic mass is 10.3. The molecule has 0 heterocycles. The number of carbonyl (C=O) groups is 1. The van der Waals surface area contributed by atoms with E-state index in [0.717, 1.165) is 19.4 Å². The van der Waals surface area contributed by atoms with Gasteiger partial charge in [-0.05, 0) is 13.0 Å². The van der Waals surface area contributed by atoms with Crippen LogP contribution in [0.25, 0.3) is 0 Å². The van der Waals surface area contributed by atoms with Crippen molar-refractivity contribution in [3.63, 3.8) is 0 Å². The summed E-state index contributed by atoms with van der Waals surface area (Å²) in [6.45, 7) is 1.18. The standard InChI is InChI=1S/C8H14N2O/c1-3-4-5-6-10-7-8(11)9-2/h1,10H,4-7H2,2H3,(H,9,11). The molecule has 0 bridgehead atoms. The topological polar surface area (TPSA) is 41.1 Å². The van der Waals surface area contributed by atoms with Gasteiger partial charge in [0.05, 0.1) is 6.54 Å². The SMILES string of the molecule is C#CCCCNCC(=O)NC. The van der Waals surface area contributed by atoms with Crippen LogP contribution >= 0.6 is 0 Å². The molecule has 0 radical (unpaired) electrons. The Morgan fingerprint density at radius 2 is 2.36 bits per heavy atom. The molecule has 62 valence electrons. The third kappa shape index (κ3) is 6.88. The van der Waals surface area contributed by atoms with Crippen molar-refractivity contribution in [3.8, 4) is 12.3 Å². The largest absolute Gasteiger partial charge is 0.358 e. The van der Waals surface area contributed by atoms with Crippen molar-refractivity contribution < 1.29 is 4.79 Å². The highest BCUT2D eigenvalue weighted by atomic mass is 16.1. The fraction of sp³-hybridized carbons (Fsp3) is 0.625. The zero-order valence-corrected chi connectivity index (χ0v) is 6.81. The fourth-order valence-corrected chi connectivity index (χ4v) is 0.606. The smallest absolute Gasteiger partial charge is 0.233 e. The Morgan fingerprint density at radius 3 is 2.91 bits per heavy atom. The van der Waals surface area contributed by atoms with Crippen LogP contribution in [0.1, 0.15) is 12.8 Å². The first kappa shape index (κ1) is 9.99. The lowest BCUT2D eigenvalue weighted by molar-refractivity contribution is -0.119. The number of hydrogen-bond donors (Lipinski definition) is 2. The number of amides is 1. The second kappa shape index (κ2) is 7.10. The van der Waals surface area contributed by atoms with Crippen molar-refractivity contribution in [2.24, 2.45) is 0 Å².